The second-order valence-corrected chi connectivity index (χ2v) is 6.55. The monoisotopic (exact) mass is 332 g/mol. The van der Waals surface area contributed by atoms with E-state index in [2.05, 4.69) is 0 Å². The fraction of sp³-hybridized carbons (Fsp3) is 0.556. The highest BCUT2D eigenvalue weighted by atomic mass is 16.5. The van der Waals surface area contributed by atoms with Crippen LogP contribution in [0.15, 0.2) is 18.2 Å². The molecular formula is C18H24N2O4. The molecule has 0 radical (unpaired) electrons. The Bertz CT molecular complexity index is 629. The minimum atomic E-state index is -0.341. The second-order valence-electron chi connectivity index (χ2n) is 6.55. The van der Waals surface area contributed by atoms with Gasteiger partial charge < -0.3 is 19.6 Å². The molecule has 2 aliphatic heterocycles. The van der Waals surface area contributed by atoms with Crippen LogP contribution in [0.4, 0.5) is 5.69 Å². The van der Waals surface area contributed by atoms with Crippen molar-refractivity contribution >= 4 is 17.6 Å². The van der Waals surface area contributed by atoms with Crippen molar-refractivity contribution < 1.29 is 19.4 Å². The van der Waals surface area contributed by atoms with E-state index in [1.54, 1.807) is 4.90 Å². The van der Waals surface area contributed by atoms with E-state index in [1.807, 2.05) is 30.0 Å². The van der Waals surface area contributed by atoms with E-state index < -0.39 is 0 Å². The molecule has 0 aromatic heterocycles. The third kappa shape index (κ3) is 3.53. The first-order valence-electron chi connectivity index (χ1n) is 8.55. The Kier molecular flexibility index (Phi) is 5.04. The lowest BCUT2D eigenvalue weighted by Crippen LogP contribution is -2.50. The van der Waals surface area contributed by atoms with Crippen molar-refractivity contribution in [2.75, 3.05) is 31.1 Å². The summed E-state index contributed by atoms with van der Waals surface area (Å²) in [7, 11) is 0. The highest BCUT2D eigenvalue weighted by Gasteiger charge is 2.30. The largest absolute Gasteiger partial charge is 0.423 e. The Labute approximate surface area is 142 Å². The van der Waals surface area contributed by atoms with Crippen LogP contribution in [0, 0.1) is 6.92 Å². The zero-order valence-electron chi connectivity index (χ0n) is 14.0. The van der Waals surface area contributed by atoms with Crippen molar-refractivity contribution in [2.24, 2.45) is 0 Å². The molecule has 6 heteroatoms. The number of esters is 1. The van der Waals surface area contributed by atoms with Crippen LogP contribution in [0.1, 0.15) is 31.2 Å². The average Bonchev–Trinajstić information content (AvgIpc) is 2.55. The fourth-order valence-electron chi connectivity index (χ4n) is 3.53. The van der Waals surface area contributed by atoms with Crippen molar-refractivity contribution in [3.8, 4) is 5.75 Å². The molecule has 2 heterocycles. The summed E-state index contributed by atoms with van der Waals surface area (Å²) < 4.78 is 5.29. The van der Waals surface area contributed by atoms with E-state index >= 15 is 0 Å². The minimum Gasteiger partial charge on any atom is -0.423 e. The number of aryl methyl sites for hydroxylation is 1. The lowest BCUT2D eigenvalue weighted by atomic mass is 9.99. The van der Waals surface area contributed by atoms with E-state index in [1.165, 1.54) is 0 Å². The van der Waals surface area contributed by atoms with Gasteiger partial charge in [-0.2, -0.15) is 0 Å². The van der Waals surface area contributed by atoms with Crippen molar-refractivity contribution in [1.82, 2.24) is 4.90 Å². The summed E-state index contributed by atoms with van der Waals surface area (Å²) in [6.45, 7) is 2.99. The number of piperidine rings is 1. The van der Waals surface area contributed by atoms with Crippen LogP contribution in [0.25, 0.3) is 0 Å². The number of likely N-dealkylation sites (tertiary alicyclic amines) is 1. The number of benzene rings is 1. The maximum atomic E-state index is 12.8. The van der Waals surface area contributed by atoms with Gasteiger partial charge in [-0.25, -0.2) is 4.79 Å². The summed E-state index contributed by atoms with van der Waals surface area (Å²) in [6.07, 6.45) is 3.63. The first kappa shape index (κ1) is 16.8. The Morgan fingerprint density at radius 3 is 3.00 bits per heavy atom. The Morgan fingerprint density at radius 1 is 1.38 bits per heavy atom. The molecular weight excluding hydrogens is 308 g/mol. The topological polar surface area (TPSA) is 70.1 Å². The van der Waals surface area contributed by atoms with Gasteiger partial charge in [-0.1, -0.05) is 6.07 Å². The molecule has 0 spiro atoms. The van der Waals surface area contributed by atoms with Gasteiger partial charge in [-0.3, -0.25) is 4.79 Å². The van der Waals surface area contributed by atoms with Crippen molar-refractivity contribution in [1.29, 1.82) is 0 Å². The van der Waals surface area contributed by atoms with Gasteiger partial charge in [0.1, 0.15) is 6.54 Å². The molecule has 1 atom stereocenters. The molecule has 1 unspecified atom stereocenters. The molecule has 6 nitrogen and oxygen atoms in total. The summed E-state index contributed by atoms with van der Waals surface area (Å²) in [4.78, 5) is 28.3. The van der Waals surface area contributed by atoms with Crippen molar-refractivity contribution in [3.05, 3.63) is 23.8 Å². The number of fused-ring (bicyclic) bond motifs is 1. The zero-order chi connectivity index (χ0) is 17.1. The lowest BCUT2D eigenvalue weighted by Gasteiger charge is -2.38. The quantitative estimate of drug-likeness (QED) is 0.668. The molecule has 1 aromatic carbocycles. The number of rotatable bonds is 4. The molecule has 130 valence electrons. The molecule has 3 rings (SSSR count). The fourth-order valence-corrected chi connectivity index (χ4v) is 3.53. The molecule has 2 aliphatic rings. The molecule has 1 fully saturated rings. The number of aliphatic hydroxyl groups excluding tert-OH is 1. The first-order valence-corrected chi connectivity index (χ1v) is 8.55. The van der Waals surface area contributed by atoms with Gasteiger partial charge in [0.05, 0.1) is 12.2 Å². The third-order valence-electron chi connectivity index (χ3n) is 4.74. The van der Waals surface area contributed by atoms with Gasteiger partial charge in [-0.15, -0.1) is 0 Å². The number of hydrogen-bond acceptors (Lipinski definition) is 5. The van der Waals surface area contributed by atoms with Gasteiger partial charge in [0.15, 0.2) is 5.75 Å². The van der Waals surface area contributed by atoms with Gasteiger partial charge in [0.2, 0.25) is 5.91 Å². The van der Waals surface area contributed by atoms with Gasteiger partial charge in [-0.05, 0) is 50.3 Å². The van der Waals surface area contributed by atoms with Crippen LogP contribution >= 0.6 is 0 Å². The summed E-state index contributed by atoms with van der Waals surface area (Å²) in [5.74, 6) is 0.186. The van der Waals surface area contributed by atoms with E-state index in [0.29, 0.717) is 12.2 Å². The van der Waals surface area contributed by atoms with Crippen LogP contribution in [0.3, 0.4) is 0 Å². The van der Waals surface area contributed by atoms with Crippen LogP contribution in [-0.2, 0) is 9.59 Å². The van der Waals surface area contributed by atoms with E-state index in [0.717, 1.165) is 37.1 Å². The maximum absolute atomic E-state index is 12.8. The number of ether oxygens (including phenoxy) is 1. The summed E-state index contributed by atoms with van der Waals surface area (Å²) >= 11 is 0. The summed E-state index contributed by atoms with van der Waals surface area (Å²) in [5, 5.41) is 9.22. The summed E-state index contributed by atoms with van der Waals surface area (Å²) in [6, 6.07) is 5.77. The average molecular weight is 332 g/mol. The number of aliphatic hydroxyl groups is 1. The Morgan fingerprint density at radius 2 is 2.21 bits per heavy atom. The summed E-state index contributed by atoms with van der Waals surface area (Å²) in [5.41, 5.74) is 1.79. The van der Waals surface area contributed by atoms with Crippen LogP contribution in [0.2, 0.25) is 0 Å². The predicted molar refractivity (Wildman–Crippen MR) is 90.1 cm³/mol. The van der Waals surface area contributed by atoms with E-state index in [4.69, 9.17) is 4.74 Å². The number of carbonyl (C=O) groups is 2. The number of hydrogen-bond donors (Lipinski definition) is 1. The lowest BCUT2D eigenvalue weighted by molar-refractivity contribution is -0.134. The minimum absolute atomic E-state index is 0.00868. The molecule has 1 saturated heterocycles. The van der Waals surface area contributed by atoms with Crippen LogP contribution < -0.4 is 9.64 Å². The first-order chi connectivity index (χ1) is 11.6. The number of carbonyl (C=O) groups excluding carboxylic acids is 2. The van der Waals surface area contributed by atoms with Crippen molar-refractivity contribution in [3.63, 3.8) is 0 Å². The molecule has 1 aromatic rings. The standard InChI is InChI=1S/C18H24N2O4/c1-13-5-6-15-16(10-13)24-18(23)12-19(15)11-17(22)20-8-3-2-4-14(20)7-9-21/h5-6,10,14,21H,2-4,7-9,11-12H2,1H3. The molecule has 0 saturated carbocycles. The van der Waals surface area contributed by atoms with E-state index in [9.17, 15) is 14.7 Å². The SMILES string of the molecule is Cc1ccc2c(c1)OC(=O)CN2CC(=O)N1CCCCC1CCO. The van der Waals surface area contributed by atoms with Gasteiger partial charge in [0, 0.05) is 19.2 Å². The molecule has 1 N–H and O–H groups in total. The van der Waals surface area contributed by atoms with Crippen molar-refractivity contribution in [2.45, 2.75) is 38.6 Å². The third-order valence-corrected chi connectivity index (χ3v) is 4.74. The maximum Gasteiger partial charge on any atom is 0.331 e. The number of anilines is 1. The normalized spacial score (nSPS) is 20.6. The Balaban J connectivity index is 1.75. The van der Waals surface area contributed by atoms with Crippen LogP contribution in [0.5, 0.6) is 5.75 Å². The predicted octanol–water partition coefficient (Wildman–Crippen LogP) is 1.48. The van der Waals surface area contributed by atoms with Gasteiger partial charge in [0.25, 0.3) is 0 Å². The number of nitrogens with zero attached hydrogens (tertiary/aromatic N) is 2. The Hall–Kier alpha value is -2.08. The van der Waals surface area contributed by atoms with Gasteiger partial charge >= 0.3 is 5.97 Å². The van der Waals surface area contributed by atoms with Crippen LogP contribution in [-0.4, -0.2) is 54.2 Å². The smallest absolute Gasteiger partial charge is 0.331 e. The highest BCUT2D eigenvalue weighted by Crippen LogP contribution is 2.33. The highest BCUT2D eigenvalue weighted by molar-refractivity contribution is 5.89. The zero-order valence-corrected chi connectivity index (χ0v) is 14.0. The number of amides is 1. The second kappa shape index (κ2) is 7.21. The molecule has 0 bridgehead atoms. The molecule has 24 heavy (non-hydrogen) atoms. The molecule has 1 amide bonds. The molecule has 0 aliphatic carbocycles. The van der Waals surface area contributed by atoms with E-state index in [-0.39, 0.29) is 37.6 Å².